The van der Waals surface area contributed by atoms with Crippen molar-refractivity contribution in [2.45, 2.75) is 31.2 Å². The van der Waals surface area contributed by atoms with E-state index in [2.05, 4.69) is 5.32 Å². The highest BCUT2D eigenvalue weighted by molar-refractivity contribution is 7.91. The summed E-state index contributed by atoms with van der Waals surface area (Å²) in [5.41, 5.74) is 1.17. The van der Waals surface area contributed by atoms with Gasteiger partial charge in [0, 0.05) is 0 Å². The second kappa shape index (κ2) is 7.42. The van der Waals surface area contributed by atoms with Crippen LogP contribution in [-0.2, 0) is 9.84 Å². The average Bonchev–Trinajstić information content (AvgIpc) is 2.55. The first-order chi connectivity index (χ1) is 11.0. The van der Waals surface area contributed by atoms with Crippen LogP contribution in [0.25, 0.3) is 0 Å². The Kier molecular flexibility index (Phi) is 5.55. The van der Waals surface area contributed by atoms with Gasteiger partial charge in [-0.15, -0.1) is 0 Å². The Hall–Kier alpha value is -2.14. The molecule has 2 rings (SSSR count). The molecule has 0 spiro atoms. The fourth-order valence-electron chi connectivity index (χ4n) is 2.40. The fraction of sp³-hybridized carbons (Fsp3) is 0.278. The Morgan fingerprint density at radius 3 is 2.30 bits per heavy atom. The lowest BCUT2D eigenvalue weighted by Gasteiger charge is -2.16. The quantitative estimate of drug-likeness (QED) is 0.883. The molecule has 0 saturated carbocycles. The second-order valence-corrected chi connectivity index (χ2v) is 7.50. The SMILES string of the molecule is CCCS(=O)(=O)c1ccccc1C(=O)N[C@@H](C)c1ccccc1. The van der Waals surface area contributed by atoms with Gasteiger partial charge < -0.3 is 5.32 Å². The van der Waals surface area contributed by atoms with Crippen LogP contribution in [0, 0.1) is 0 Å². The monoisotopic (exact) mass is 331 g/mol. The van der Waals surface area contributed by atoms with E-state index >= 15 is 0 Å². The number of carbonyl (C=O) groups excluding carboxylic acids is 1. The van der Waals surface area contributed by atoms with Gasteiger partial charge in [-0.2, -0.15) is 0 Å². The van der Waals surface area contributed by atoms with Crippen molar-refractivity contribution in [2.24, 2.45) is 0 Å². The normalized spacial score (nSPS) is 12.6. The lowest BCUT2D eigenvalue weighted by atomic mass is 10.1. The van der Waals surface area contributed by atoms with Crippen LogP contribution in [-0.4, -0.2) is 20.1 Å². The van der Waals surface area contributed by atoms with Gasteiger partial charge >= 0.3 is 0 Å². The molecule has 0 heterocycles. The first-order valence-corrected chi connectivity index (χ1v) is 9.28. The highest BCUT2D eigenvalue weighted by Gasteiger charge is 2.22. The Labute approximate surface area is 137 Å². The summed E-state index contributed by atoms with van der Waals surface area (Å²) in [6.07, 6.45) is 0.513. The molecular formula is C18H21NO3S. The van der Waals surface area contributed by atoms with Crippen LogP contribution in [0.3, 0.4) is 0 Å². The predicted octanol–water partition coefficient (Wildman–Crippen LogP) is 3.36. The summed E-state index contributed by atoms with van der Waals surface area (Å²) in [6, 6.07) is 15.7. The topological polar surface area (TPSA) is 63.2 Å². The van der Waals surface area contributed by atoms with E-state index in [9.17, 15) is 13.2 Å². The number of hydrogen-bond donors (Lipinski definition) is 1. The number of carbonyl (C=O) groups is 1. The highest BCUT2D eigenvalue weighted by atomic mass is 32.2. The molecule has 0 radical (unpaired) electrons. The van der Waals surface area contributed by atoms with Crippen LogP contribution in [0.15, 0.2) is 59.5 Å². The lowest BCUT2D eigenvalue weighted by molar-refractivity contribution is 0.0936. The van der Waals surface area contributed by atoms with Gasteiger partial charge in [-0.05, 0) is 31.0 Å². The largest absolute Gasteiger partial charge is 0.345 e. The third-order valence-electron chi connectivity index (χ3n) is 3.59. The molecule has 2 aromatic rings. The molecule has 0 bridgehead atoms. The minimum absolute atomic E-state index is 0.0333. The average molecular weight is 331 g/mol. The Morgan fingerprint density at radius 2 is 1.65 bits per heavy atom. The van der Waals surface area contributed by atoms with Crippen LogP contribution in [0.1, 0.15) is 42.2 Å². The molecule has 0 aliphatic carbocycles. The van der Waals surface area contributed by atoms with Gasteiger partial charge in [0.2, 0.25) is 0 Å². The molecule has 1 amide bonds. The van der Waals surface area contributed by atoms with Crippen molar-refractivity contribution in [1.29, 1.82) is 0 Å². The summed E-state index contributed by atoms with van der Waals surface area (Å²) < 4.78 is 24.7. The molecule has 4 nitrogen and oxygen atoms in total. The number of benzene rings is 2. The van der Waals surface area contributed by atoms with Crippen molar-refractivity contribution in [3.05, 3.63) is 65.7 Å². The summed E-state index contributed by atoms with van der Waals surface area (Å²) in [5, 5.41) is 2.86. The summed E-state index contributed by atoms with van der Waals surface area (Å²) in [7, 11) is -3.45. The van der Waals surface area contributed by atoms with Gasteiger partial charge in [-0.3, -0.25) is 4.79 Å². The molecular weight excluding hydrogens is 310 g/mol. The first-order valence-electron chi connectivity index (χ1n) is 7.63. The van der Waals surface area contributed by atoms with Crippen molar-refractivity contribution in [1.82, 2.24) is 5.32 Å². The standard InChI is InChI=1S/C18H21NO3S/c1-3-13-23(21,22)17-12-8-7-11-16(17)18(20)19-14(2)15-9-5-4-6-10-15/h4-12,14H,3,13H2,1-2H3,(H,19,20)/t14-/m0/s1. The molecule has 0 aromatic heterocycles. The molecule has 23 heavy (non-hydrogen) atoms. The van der Waals surface area contributed by atoms with Crippen molar-refractivity contribution < 1.29 is 13.2 Å². The Bertz CT molecular complexity index is 770. The van der Waals surface area contributed by atoms with Crippen molar-refractivity contribution in [3.63, 3.8) is 0 Å². The minimum atomic E-state index is -3.45. The van der Waals surface area contributed by atoms with Gasteiger partial charge in [-0.25, -0.2) is 8.42 Å². The van der Waals surface area contributed by atoms with Crippen molar-refractivity contribution >= 4 is 15.7 Å². The van der Waals surface area contributed by atoms with E-state index in [0.717, 1.165) is 5.56 Å². The maximum Gasteiger partial charge on any atom is 0.253 e. The highest BCUT2D eigenvalue weighted by Crippen LogP contribution is 2.19. The van der Waals surface area contributed by atoms with E-state index in [1.807, 2.05) is 37.3 Å². The third kappa shape index (κ3) is 4.20. The molecule has 2 aromatic carbocycles. The molecule has 1 atom stereocenters. The number of sulfone groups is 1. The van der Waals surface area contributed by atoms with Crippen LogP contribution in [0.5, 0.6) is 0 Å². The van der Waals surface area contributed by atoms with E-state index in [-0.39, 0.29) is 28.2 Å². The molecule has 122 valence electrons. The van der Waals surface area contributed by atoms with Crippen LogP contribution < -0.4 is 5.32 Å². The summed E-state index contributed by atoms with van der Waals surface area (Å²) >= 11 is 0. The van der Waals surface area contributed by atoms with Crippen molar-refractivity contribution in [3.8, 4) is 0 Å². The summed E-state index contributed by atoms with van der Waals surface area (Å²) in [4.78, 5) is 12.6. The third-order valence-corrected chi connectivity index (χ3v) is 5.56. The number of hydrogen-bond acceptors (Lipinski definition) is 3. The van der Waals surface area contributed by atoms with Gasteiger partial charge in [0.15, 0.2) is 9.84 Å². The zero-order valence-electron chi connectivity index (χ0n) is 13.3. The summed E-state index contributed by atoms with van der Waals surface area (Å²) in [6.45, 7) is 3.67. The van der Waals surface area contributed by atoms with Gasteiger partial charge in [0.1, 0.15) is 0 Å². The maximum atomic E-state index is 12.5. The number of nitrogens with one attached hydrogen (secondary N) is 1. The maximum absolute atomic E-state index is 12.5. The van der Waals surface area contributed by atoms with Gasteiger partial charge in [0.05, 0.1) is 22.3 Å². The van der Waals surface area contributed by atoms with Crippen LogP contribution >= 0.6 is 0 Å². The van der Waals surface area contributed by atoms with Crippen LogP contribution in [0.2, 0.25) is 0 Å². The van der Waals surface area contributed by atoms with Crippen molar-refractivity contribution in [2.75, 3.05) is 5.75 Å². The minimum Gasteiger partial charge on any atom is -0.345 e. The van der Waals surface area contributed by atoms with E-state index in [1.165, 1.54) is 6.07 Å². The smallest absolute Gasteiger partial charge is 0.253 e. The number of amides is 1. The van der Waals surface area contributed by atoms with Crippen LogP contribution in [0.4, 0.5) is 0 Å². The van der Waals surface area contributed by atoms with Gasteiger partial charge in [0.25, 0.3) is 5.91 Å². The van der Waals surface area contributed by atoms with E-state index < -0.39 is 9.84 Å². The zero-order valence-corrected chi connectivity index (χ0v) is 14.1. The Balaban J connectivity index is 2.27. The Morgan fingerprint density at radius 1 is 1.04 bits per heavy atom. The van der Waals surface area contributed by atoms with E-state index in [0.29, 0.717) is 6.42 Å². The zero-order chi connectivity index (χ0) is 16.9. The van der Waals surface area contributed by atoms with Gasteiger partial charge in [-0.1, -0.05) is 49.4 Å². The molecule has 0 aliphatic heterocycles. The number of rotatable bonds is 6. The summed E-state index contributed by atoms with van der Waals surface area (Å²) in [5.74, 6) is -0.345. The molecule has 1 N–H and O–H groups in total. The second-order valence-electron chi connectivity index (χ2n) is 5.42. The fourth-order valence-corrected chi connectivity index (χ4v) is 3.94. The van der Waals surface area contributed by atoms with E-state index in [4.69, 9.17) is 0 Å². The van der Waals surface area contributed by atoms with E-state index in [1.54, 1.807) is 25.1 Å². The molecule has 0 aliphatic rings. The molecule has 5 heteroatoms. The predicted molar refractivity (Wildman–Crippen MR) is 91.1 cm³/mol. The molecule has 0 saturated heterocycles. The first kappa shape index (κ1) is 17.2. The lowest BCUT2D eigenvalue weighted by Crippen LogP contribution is -2.28. The molecule has 0 fully saturated rings. The molecule has 0 unspecified atom stereocenters.